The monoisotopic (exact) mass is 399 g/mol. The summed E-state index contributed by atoms with van der Waals surface area (Å²) in [5.74, 6) is -1.14. The maximum atomic E-state index is 12.6. The fourth-order valence-electron chi connectivity index (χ4n) is 3.42. The van der Waals surface area contributed by atoms with Crippen LogP contribution in [0, 0.1) is 0 Å². The van der Waals surface area contributed by atoms with Crippen molar-refractivity contribution in [2.24, 2.45) is 0 Å². The first kappa shape index (κ1) is 20.1. The SMILES string of the molecule is O=C(NN1C(=O)NC2(CCCCC2)C1=O)c1ccc(COCC(F)(F)F)cc1. The average Bonchev–Trinajstić information content (AvgIpc) is 2.86. The molecule has 1 aromatic carbocycles. The number of hydrazine groups is 1. The fourth-order valence-corrected chi connectivity index (χ4v) is 3.42. The molecule has 10 heteroatoms. The molecule has 1 aliphatic carbocycles. The van der Waals surface area contributed by atoms with Crippen LogP contribution in [0.1, 0.15) is 48.0 Å². The van der Waals surface area contributed by atoms with Crippen LogP contribution in [0.4, 0.5) is 18.0 Å². The molecule has 1 saturated heterocycles. The van der Waals surface area contributed by atoms with Gasteiger partial charge in [-0.1, -0.05) is 31.4 Å². The summed E-state index contributed by atoms with van der Waals surface area (Å²) >= 11 is 0. The Kier molecular flexibility index (Phi) is 5.59. The van der Waals surface area contributed by atoms with Crippen molar-refractivity contribution < 1.29 is 32.3 Å². The fraction of sp³-hybridized carbons (Fsp3) is 0.500. The van der Waals surface area contributed by atoms with Crippen LogP contribution >= 0.6 is 0 Å². The molecular weight excluding hydrogens is 379 g/mol. The Morgan fingerprint density at radius 3 is 2.39 bits per heavy atom. The summed E-state index contributed by atoms with van der Waals surface area (Å²) in [4.78, 5) is 37.1. The lowest BCUT2D eigenvalue weighted by Gasteiger charge is -2.30. The Bertz CT molecular complexity index is 758. The molecule has 1 aromatic rings. The zero-order valence-electron chi connectivity index (χ0n) is 15.0. The van der Waals surface area contributed by atoms with E-state index in [2.05, 4.69) is 15.5 Å². The Labute approximate surface area is 159 Å². The Balaban J connectivity index is 1.58. The van der Waals surface area contributed by atoms with E-state index in [9.17, 15) is 27.6 Å². The molecule has 0 aromatic heterocycles. The van der Waals surface area contributed by atoms with Crippen LogP contribution in [0.5, 0.6) is 0 Å². The third-order valence-corrected chi connectivity index (χ3v) is 4.83. The molecule has 3 rings (SSSR count). The van der Waals surface area contributed by atoms with E-state index in [1.165, 1.54) is 24.3 Å². The summed E-state index contributed by atoms with van der Waals surface area (Å²) < 4.78 is 40.8. The summed E-state index contributed by atoms with van der Waals surface area (Å²) in [6.07, 6.45) is -0.681. The number of imide groups is 1. The minimum Gasteiger partial charge on any atom is -0.367 e. The van der Waals surface area contributed by atoms with Crippen molar-refractivity contribution in [2.45, 2.75) is 50.4 Å². The lowest BCUT2D eigenvalue weighted by Crippen LogP contribution is -2.50. The minimum atomic E-state index is -4.40. The highest BCUT2D eigenvalue weighted by atomic mass is 19.4. The van der Waals surface area contributed by atoms with Gasteiger partial charge in [-0.25, -0.2) is 4.79 Å². The molecule has 0 unspecified atom stereocenters. The van der Waals surface area contributed by atoms with Gasteiger partial charge in [-0.2, -0.15) is 18.2 Å². The number of nitrogens with zero attached hydrogens (tertiary/aromatic N) is 1. The molecule has 2 fully saturated rings. The summed E-state index contributed by atoms with van der Waals surface area (Å²) in [7, 11) is 0. The molecule has 0 radical (unpaired) electrons. The first-order chi connectivity index (χ1) is 13.2. The van der Waals surface area contributed by atoms with Crippen LogP contribution in [0.3, 0.4) is 0 Å². The molecule has 1 aliphatic heterocycles. The standard InChI is InChI=1S/C18H20F3N3O4/c19-18(20,21)11-28-10-12-4-6-13(7-5-12)14(25)23-24-15(26)17(22-16(24)27)8-2-1-3-9-17/h4-7H,1-3,8-11H2,(H,22,27)(H,23,25). The van der Waals surface area contributed by atoms with E-state index in [0.29, 0.717) is 23.4 Å². The highest BCUT2D eigenvalue weighted by molar-refractivity contribution is 6.09. The zero-order chi connectivity index (χ0) is 20.4. The molecule has 28 heavy (non-hydrogen) atoms. The predicted molar refractivity (Wildman–Crippen MR) is 90.8 cm³/mol. The van der Waals surface area contributed by atoms with E-state index < -0.39 is 36.2 Å². The number of nitrogens with one attached hydrogen (secondary N) is 2. The Morgan fingerprint density at radius 1 is 1.14 bits per heavy atom. The van der Waals surface area contributed by atoms with Crippen LogP contribution < -0.4 is 10.7 Å². The van der Waals surface area contributed by atoms with E-state index in [0.717, 1.165) is 19.3 Å². The van der Waals surface area contributed by atoms with Gasteiger partial charge in [-0.3, -0.25) is 15.0 Å². The normalized spacial score (nSPS) is 19.0. The van der Waals surface area contributed by atoms with E-state index in [4.69, 9.17) is 0 Å². The molecule has 2 aliphatic rings. The third-order valence-electron chi connectivity index (χ3n) is 4.83. The van der Waals surface area contributed by atoms with Gasteiger partial charge in [0, 0.05) is 5.56 Å². The molecular formula is C18H20F3N3O4. The largest absolute Gasteiger partial charge is 0.411 e. The summed E-state index contributed by atoms with van der Waals surface area (Å²) in [5.41, 5.74) is 1.97. The van der Waals surface area contributed by atoms with Crippen molar-refractivity contribution in [3.63, 3.8) is 0 Å². The number of hydrogen-bond donors (Lipinski definition) is 2. The number of urea groups is 1. The molecule has 4 amide bonds. The Hall–Kier alpha value is -2.62. The number of ether oxygens (including phenoxy) is 1. The van der Waals surface area contributed by atoms with E-state index in [1.807, 2.05) is 0 Å². The van der Waals surface area contributed by atoms with Crippen LogP contribution in [0.25, 0.3) is 0 Å². The van der Waals surface area contributed by atoms with Crippen molar-refractivity contribution in [1.29, 1.82) is 0 Å². The molecule has 2 N–H and O–H groups in total. The molecule has 1 spiro atoms. The predicted octanol–water partition coefficient (Wildman–Crippen LogP) is 2.67. The van der Waals surface area contributed by atoms with Gasteiger partial charge in [0.25, 0.3) is 11.8 Å². The van der Waals surface area contributed by atoms with Gasteiger partial charge >= 0.3 is 12.2 Å². The number of carbonyl (C=O) groups excluding carboxylic acids is 3. The highest BCUT2D eigenvalue weighted by Crippen LogP contribution is 2.33. The van der Waals surface area contributed by atoms with E-state index in [-0.39, 0.29) is 12.2 Å². The van der Waals surface area contributed by atoms with Crippen molar-refractivity contribution in [3.05, 3.63) is 35.4 Å². The van der Waals surface area contributed by atoms with Gasteiger partial charge in [0.15, 0.2) is 0 Å². The molecule has 7 nitrogen and oxygen atoms in total. The maximum Gasteiger partial charge on any atom is 0.411 e. The quantitative estimate of drug-likeness (QED) is 0.746. The van der Waals surface area contributed by atoms with Crippen LogP contribution in [-0.2, 0) is 16.1 Å². The second-order valence-corrected chi connectivity index (χ2v) is 6.96. The number of hydrogen-bond acceptors (Lipinski definition) is 4. The lowest BCUT2D eigenvalue weighted by atomic mass is 9.82. The number of amides is 4. The van der Waals surface area contributed by atoms with Crippen molar-refractivity contribution >= 4 is 17.8 Å². The van der Waals surface area contributed by atoms with Gasteiger partial charge in [0.2, 0.25) is 0 Å². The van der Waals surface area contributed by atoms with Gasteiger partial charge in [-0.05, 0) is 30.5 Å². The van der Waals surface area contributed by atoms with Crippen LogP contribution in [0.15, 0.2) is 24.3 Å². The highest BCUT2D eigenvalue weighted by Gasteiger charge is 2.52. The second-order valence-electron chi connectivity index (χ2n) is 6.96. The molecule has 1 heterocycles. The van der Waals surface area contributed by atoms with Gasteiger partial charge in [0.05, 0.1) is 6.61 Å². The second kappa shape index (κ2) is 7.78. The van der Waals surface area contributed by atoms with Crippen LogP contribution in [0.2, 0.25) is 0 Å². The Morgan fingerprint density at radius 2 is 1.79 bits per heavy atom. The summed E-state index contributed by atoms with van der Waals surface area (Å²) in [6.45, 7) is -1.61. The third kappa shape index (κ3) is 4.44. The van der Waals surface area contributed by atoms with E-state index in [1.54, 1.807) is 0 Å². The van der Waals surface area contributed by atoms with Gasteiger partial charge in [-0.15, -0.1) is 0 Å². The number of halogens is 3. The van der Waals surface area contributed by atoms with E-state index >= 15 is 0 Å². The molecule has 0 atom stereocenters. The van der Waals surface area contributed by atoms with Crippen molar-refractivity contribution in [1.82, 2.24) is 15.8 Å². The van der Waals surface area contributed by atoms with Gasteiger partial charge in [0.1, 0.15) is 12.1 Å². The lowest BCUT2D eigenvalue weighted by molar-refractivity contribution is -0.176. The van der Waals surface area contributed by atoms with Crippen molar-refractivity contribution in [2.75, 3.05) is 6.61 Å². The summed E-state index contributed by atoms with van der Waals surface area (Å²) in [6, 6.07) is 4.99. The molecule has 152 valence electrons. The summed E-state index contributed by atoms with van der Waals surface area (Å²) in [5, 5.41) is 3.39. The number of carbonyl (C=O) groups is 3. The molecule has 1 saturated carbocycles. The number of benzene rings is 1. The number of alkyl halides is 3. The molecule has 0 bridgehead atoms. The maximum absolute atomic E-state index is 12.6. The van der Waals surface area contributed by atoms with Gasteiger partial charge < -0.3 is 10.1 Å². The zero-order valence-corrected chi connectivity index (χ0v) is 15.0. The topological polar surface area (TPSA) is 87.7 Å². The smallest absolute Gasteiger partial charge is 0.367 e. The minimum absolute atomic E-state index is 0.157. The first-order valence-corrected chi connectivity index (χ1v) is 8.91. The number of rotatable bonds is 5. The van der Waals surface area contributed by atoms with Crippen LogP contribution in [-0.4, -0.2) is 41.2 Å². The first-order valence-electron chi connectivity index (χ1n) is 8.91. The average molecular weight is 399 g/mol. The van der Waals surface area contributed by atoms with Crippen molar-refractivity contribution in [3.8, 4) is 0 Å².